The van der Waals surface area contributed by atoms with Gasteiger partial charge in [0.15, 0.2) is 0 Å². The molecular formula is C53H113F3N10O2. The molecule has 9 fully saturated rings. The molecule has 9 aliphatic heterocycles. The van der Waals surface area contributed by atoms with Crippen molar-refractivity contribution in [3.8, 4) is 0 Å². The van der Waals surface area contributed by atoms with Gasteiger partial charge in [-0.25, -0.2) is 13.2 Å². The summed E-state index contributed by atoms with van der Waals surface area (Å²) in [6, 6.07) is 0. The summed E-state index contributed by atoms with van der Waals surface area (Å²) in [6.45, 7) is 33.1. The van der Waals surface area contributed by atoms with Crippen LogP contribution in [0.15, 0.2) is 0 Å². The van der Waals surface area contributed by atoms with Gasteiger partial charge in [-0.1, -0.05) is 20.3 Å². The van der Waals surface area contributed by atoms with Crippen LogP contribution in [-0.4, -0.2) is 288 Å². The zero-order valence-corrected chi connectivity index (χ0v) is 47.1. The van der Waals surface area contributed by atoms with E-state index in [-0.39, 0.29) is 13.0 Å². The summed E-state index contributed by atoms with van der Waals surface area (Å²) in [4.78, 5) is 22.6. The molecule has 9 rings (SSSR count). The average molecular weight is 980 g/mol. The van der Waals surface area contributed by atoms with E-state index in [1.165, 1.54) is 123 Å². The molecule has 0 saturated carbocycles. The summed E-state index contributed by atoms with van der Waals surface area (Å²) in [7, 11) is 21.1. The Morgan fingerprint density at radius 2 is 0.735 bits per heavy atom. The first-order valence-corrected chi connectivity index (χ1v) is 27.2. The van der Waals surface area contributed by atoms with Crippen molar-refractivity contribution < 1.29 is 22.6 Å². The van der Waals surface area contributed by atoms with Crippen molar-refractivity contribution >= 4 is 0 Å². The largest absolute Gasteiger partial charge is 0.379 e. The van der Waals surface area contributed by atoms with Crippen molar-refractivity contribution in [3.63, 3.8) is 0 Å². The number of ether oxygens (including phenoxy) is 2. The smallest absolute Gasteiger partial charge is 0.260 e. The van der Waals surface area contributed by atoms with Gasteiger partial charge < -0.3 is 58.5 Å². The number of hydrogen-bond donors (Lipinski definition) is 0. The lowest BCUT2D eigenvalue weighted by atomic mass is 9.92. The molecule has 0 aliphatic carbocycles. The minimum absolute atomic E-state index is 0.0625. The highest BCUT2D eigenvalue weighted by Gasteiger charge is 2.33. The lowest BCUT2D eigenvalue weighted by molar-refractivity contribution is -0.0602. The van der Waals surface area contributed by atoms with Gasteiger partial charge in [-0.2, -0.15) is 0 Å². The molecule has 4 atom stereocenters. The summed E-state index contributed by atoms with van der Waals surface area (Å²) in [5.74, 6) is -0.593. The quantitative estimate of drug-likeness (QED) is 0.261. The maximum Gasteiger partial charge on any atom is 0.260 e. The first-order chi connectivity index (χ1) is 32.1. The average Bonchev–Trinajstić information content (AvgIpc) is 3.74. The minimum Gasteiger partial charge on any atom is -0.379 e. The third kappa shape index (κ3) is 38.0. The Morgan fingerprint density at radius 3 is 1.00 bits per heavy atom. The molecule has 68 heavy (non-hydrogen) atoms. The molecule has 9 aliphatic rings. The van der Waals surface area contributed by atoms with Crippen LogP contribution in [0.1, 0.15) is 98.3 Å². The first-order valence-electron chi connectivity index (χ1n) is 27.2. The van der Waals surface area contributed by atoms with Gasteiger partial charge in [0.1, 0.15) is 6.17 Å². The van der Waals surface area contributed by atoms with E-state index in [1.54, 1.807) is 11.9 Å². The van der Waals surface area contributed by atoms with Gasteiger partial charge in [0.25, 0.3) is 5.92 Å². The van der Waals surface area contributed by atoms with Crippen LogP contribution in [0.3, 0.4) is 0 Å². The van der Waals surface area contributed by atoms with E-state index in [4.69, 9.17) is 9.47 Å². The zero-order chi connectivity index (χ0) is 50.9. The summed E-state index contributed by atoms with van der Waals surface area (Å²) in [6.07, 6.45) is 12.4. The van der Waals surface area contributed by atoms with Crippen molar-refractivity contribution in [3.05, 3.63) is 0 Å². The highest BCUT2D eigenvalue weighted by atomic mass is 19.3. The van der Waals surface area contributed by atoms with Crippen LogP contribution in [0.2, 0.25) is 0 Å². The summed E-state index contributed by atoms with van der Waals surface area (Å²) in [5, 5.41) is 0. The monoisotopic (exact) mass is 979 g/mol. The van der Waals surface area contributed by atoms with E-state index in [2.05, 4.69) is 128 Å². The van der Waals surface area contributed by atoms with Gasteiger partial charge in [-0.15, -0.1) is 0 Å². The molecule has 12 nitrogen and oxygen atoms in total. The molecule has 0 aromatic heterocycles. The van der Waals surface area contributed by atoms with Crippen LogP contribution in [0.5, 0.6) is 0 Å². The summed E-state index contributed by atoms with van der Waals surface area (Å²) >= 11 is 0. The number of alkyl halides is 3. The van der Waals surface area contributed by atoms with Gasteiger partial charge in [-0.3, -0.25) is 0 Å². The predicted molar refractivity (Wildman–Crippen MR) is 285 cm³/mol. The first kappa shape index (κ1) is 65.3. The number of rotatable bonds is 0. The van der Waals surface area contributed by atoms with E-state index in [0.29, 0.717) is 18.6 Å². The second kappa shape index (κ2) is 38.9. The van der Waals surface area contributed by atoms with Crippen LogP contribution >= 0.6 is 0 Å². The Balaban J connectivity index is 0.000000384. The molecule has 0 bridgehead atoms. The zero-order valence-electron chi connectivity index (χ0n) is 47.1. The van der Waals surface area contributed by atoms with Crippen molar-refractivity contribution in [1.82, 2.24) is 49.0 Å². The molecule has 9 saturated heterocycles. The molecule has 4 unspecified atom stereocenters. The minimum atomic E-state index is -2.42. The summed E-state index contributed by atoms with van der Waals surface area (Å²) < 4.78 is 47.8. The van der Waals surface area contributed by atoms with E-state index in [1.807, 2.05) is 7.05 Å². The highest BCUT2D eigenvalue weighted by molar-refractivity contribution is 4.76. The van der Waals surface area contributed by atoms with E-state index in [0.717, 1.165) is 83.7 Å². The molecule has 0 radical (unpaired) electrons. The molecule has 0 amide bonds. The number of piperidine rings is 4. The third-order valence-electron chi connectivity index (χ3n) is 13.8. The number of hydrogen-bond acceptors (Lipinski definition) is 12. The van der Waals surface area contributed by atoms with Crippen molar-refractivity contribution in [2.45, 2.75) is 123 Å². The van der Waals surface area contributed by atoms with Gasteiger partial charge in [0, 0.05) is 85.0 Å². The fourth-order valence-corrected chi connectivity index (χ4v) is 9.51. The van der Waals surface area contributed by atoms with Crippen LogP contribution in [0, 0.1) is 11.8 Å². The topological polar surface area (TPSA) is 50.9 Å². The maximum atomic E-state index is 12.4. The van der Waals surface area contributed by atoms with Crippen molar-refractivity contribution in [1.29, 1.82) is 0 Å². The van der Waals surface area contributed by atoms with E-state index < -0.39 is 12.1 Å². The van der Waals surface area contributed by atoms with Gasteiger partial charge >= 0.3 is 0 Å². The number of halogens is 3. The maximum absolute atomic E-state index is 12.4. The fourth-order valence-electron chi connectivity index (χ4n) is 9.51. The molecule has 0 spiro atoms. The second-order valence-electron chi connectivity index (χ2n) is 22.4. The molecular weight excluding hydrogens is 866 g/mol. The van der Waals surface area contributed by atoms with Crippen LogP contribution in [0.4, 0.5) is 13.2 Å². The Hall–Kier alpha value is -0.690. The van der Waals surface area contributed by atoms with Crippen LogP contribution in [-0.2, 0) is 9.47 Å². The Labute approximate surface area is 419 Å². The number of likely N-dealkylation sites (tertiary alicyclic amines) is 6. The van der Waals surface area contributed by atoms with E-state index in [9.17, 15) is 13.2 Å². The molecule has 15 heteroatoms. The van der Waals surface area contributed by atoms with Crippen molar-refractivity contribution in [2.24, 2.45) is 11.8 Å². The lowest BCUT2D eigenvalue weighted by Gasteiger charge is -2.32. The van der Waals surface area contributed by atoms with Gasteiger partial charge in [0.2, 0.25) is 0 Å². The fraction of sp³-hybridized carbons (Fsp3) is 1.00. The van der Waals surface area contributed by atoms with Crippen LogP contribution in [0.25, 0.3) is 0 Å². The molecule has 408 valence electrons. The number of nitrogens with zero attached hydrogens (tertiary/aromatic N) is 10. The number of piperazine rings is 1. The van der Waals surface area contributed by atoms with Crippen LogP contribution < -0.4 is 0 Å². The second-order valence-corrected chi connectivity index (χ2v) is 22.4. The highest BCUT2D eigenvalue weighted by Crippen LogP contribution is 2.25. The van der Waals surface area contributed by atoms with Crippen molar-refractivity contribution in [2.75, 3.05) is 215 Å². The molecule has 0 aromatic rings. The van der Waals surface area contributed by atoms with Gasteiger partial charge in [0.05, 0.1) is 32.0 Å². The lowest BCUT2D eigenvalue weighted by Crippen LogP contribution is -2.42. The molecule has 9 heterocycles. The predicted octanol–water partition coefficient (Wildman–Crippen LogP) is 6.66. The number of morpholine rings is 2. The third-order valence-corrected chi connectivity index (χ3v) is 13.8. The SMILES string of the molecule is CC1CC(C)CN(C)C1.CC1CN(C)CC(C)O1.CN1CCC(F)CC1.CN1CCC1.CN1CCCC(F)(F)C1.CN1CCCC1.CN1CCCCC1.CN1CCN(C)CC1.CN1CCOCC1. The Kier molecular flexibility index (Phi) is 37.3. The summed E-state index contributed by atoms with van der Waals surface area (Å²) in [5.41, 5.74) is 0. The molecule has 0 N–H and O–H groups in total. The van der Waals surface area contributed by atoms with Gasteiger partial charge in [-0.05, 0) is 200 Å². The Morgan fingerprint density at radius 1 is 0.382 bits per heavy atom. The molecule has 0 aromatic carbocycles. The standard InChI is InChI=1S/C8H17N.C7H15NO.C6H11F2N.C6H12FN.C6H14N2.C6H13N.C5H11NO.C5H11N.C4H9N/c1-7-4-8(2)6-9(3)5-7;1-6-4-8(3)5-7(2)9-6;1-9-4-2-3-6(7,8)5-9;1-8-4-2-6(7)3-5-8;1-7-3-5-8(2)6-4-7;1-7-5-3-2-4-6-7;1-6-2-4-7-5-3-6;1-6-4-2-3-5-6;1-5-3-2-4-5/h7-8H,4-6H2,1-3H3;6-7H,4-5H2,1-3H3;2-5H2,1H3;6H,2-5H2,1H3;3-6H2,1-2H3;2-6H2,1H3;2-5H2,1H3;2-5H2,1H3;2-4H2,1H3. The Bertz CT molecular complexity index is 1000. The van der Waals surface area contributed by atoms with E-state index >= 15 is 0 Å². The normalized spacial score (nSPS) is 29.6. The number of likely N-dealkylation sites (N-methyl/N-ethyl adjacent to an activating group) is 4.